The van der Waals surface area contributed by atoms with E-state index < -0.39 is 5.54 Å². The Morgan fingerprint density at radius 3 is 2.79 bits per heavy atom. The van der Waals surface area contributed by atoms with E-state index in [2.05, 4.69) is 56.4 Å². The van der Waals surface area contributed by atoms with E-state index in [1.165, 1.54) is 10.5 Å². The zero-order valence-corrected chi connectivity index (χ0v) is 13.2. The standard InChI is InChI=1S/C16H24N2S/c1-5-9-18-16(4,12-17)11-14(3)19-15-8-6-7-13(2)10-15/h6-8,10,14,18H,5,9,11H2,1-4H3. The lowest BCUT2D eigenvalue weighted by Crippen LogP contribution is -2.43. The number of rotatable bonds is 7. The molecule has 19 heavy (non-hydrogen) atoms. The number of nitrogens with one attached hydrogen (secondary N) is 1. The molecule has 0 aromatic heterocycles. The van der Waals surface area contributed by atoms with Crippen LogP contribution in [-0.2, 0) is 0 Å². The van der Waals surface area contributed by atoms with Crippen LogP contribution in [0.2, 0.25) is 0 Å². The third kappa shape index (κ3) is 5.67. The van der Waals surface area contributed by atoms with Gasteiger partial charge < -0.3 is 0 Å². The molecule has 104 valence electrons. The van der Waals surface area contributed by atoms with Crippen molar-refractivity contribution < 1.29 is 0 Å². The van der Waals surface area contributed by atoms with Crippen LogP contribution in [0.3, 0.4) is 0 Å². The third-order valence-corrected chi connectivity index (χ3v) is 4.13. The second-order valence-electron chi connectivity index (χ2n) is 5.32. The lowest BCUT2D eigenvalue weighted by atomic mass is 9.98. The molecular formula is C16H24N2S. The predicted molar refractivity (Wildman–Crippen MR) is 83.4 cm³/mol. The molecule has 0 saturated heterocycles. The maximum absolute atomic E-state index is 9.35. The highest BCUT2D eigenvalue weighted by Gasteiger charge is 2.25. The largest absolute Gasteiger partial charge is 0.300 e. The van der Waals surface area contributed by atoms with Gasteiger partial charge in [-0.2, -0.15) is 5.26 Å². The second-order valence-corrected chi connectivity index (χ2v) is 6.83. The van der Waals surface area contributed by atoms with Gasteiger partial charge in [0.05, 0.1) is 6.07 Å². The maximum atomic E-state index is 9.35. The van der Waals surface area contributed by atoms with Gasteiger partial charge in [-0.25, -0.2) is 0 Å². The van der Waals surface area contributed by atoms with E-state index in [1.54, 1.807) is 0 Å². The van der Waals surface area contributed by atoms with Crippen LogP contribution in [0.5, 0.6) is 0 Å². The van der Waals surface area contributed by atoms with Gasteiger partial charge in [0, 0.05) is 10.1 Å². The molecule has 2 unspecified atom stereocenters. The average Bonchev–Trinajstić information content (AvgIpc) is 2.36. The number of benzene rings is 1. The highest BCUT2D eigenvalue weighted by atomic mass is 32.2. The summed E-state index contributed by atoms with van der Waals surface area (Å²) in [6.45, 7) is 9.31. The van der Waals surface area contributed by atoms with E-state index in [4.69, 9.17) is 0 Å². The van der Waals surface area contributed by atoms with Crippen LogP contribution < -0.4 is 5.32 Å². The molecule has 0 fully saturated rings. The topological polar surface area (TPSA) is 35.8 Å². The van der Waals surface area contributed by atoms with Gasteiger partial charge in [-0.15, -0.1) is 11.8 Å². The highest BCUT2D eigenvalue weighted by Crippen LogP contribution is 2.29. The summed E-state index contributed by atoms with van der Waals surface area (Å²) in [5, 5.41) is 13.1. The Labute approximate surface area is 121 Å². The molecule has 2 nitrogen and oxygen atoms in total. The first-order valence-corrected chi connectivity index (χ1v) is 7.76. The summed E-state index contributed by atoms with van der Waals surface area (Å²) in [4.78, 5) is 1.28. The normalized spacial score (nSPS) is 15.5. The Balaban J connectivity index is 2.58. The SMILES string of the molecule is CCCNC(C)(C#N)CC(C)Sc1cccc(C)c1. The maximum Gasteiger partial charge on any atom is 0.104 e. The Morgan fingerprint density at radius 2 is 2.21 bits per heavy atom. The number of aryl methyl sites for hydroxylation is 1. The van der Waals surface area contributed by atoms with Gasteiger partial charge in [-0.3, -0.25) is 5.32 Å². The Morgan fingerprint density at radius 1 is 1.47 bits per heavy atom. The first-order valence-electron chi connectivity index (χ1n) is 6.88. The van der Waals surface area contributed by atoms with Crippen LogP contribution in [0.4, 0.5) is 0 Å². The minimum Gasteiger partial charge on any atom is -0.300 e. The van der Waals surface area contributed by atoms with E-state index in [9.17, 15) is 5.26 Å². The van der Waals surface area contributed by atoms with Crippen molar-refractivity contribution in [3.8, 4) is 6.07 Å². The first-order chi connectivity index (χ1) is 8.99. The summed E-state index contributed by atoms with van der Waals surface area (Å²) < 4.78 is 0. The molecule has 0 aliphatic rings. The first kappa shape index (κ1) is 16.1. The smallest absolute Gasteiger partial charge is 0.104 e. The average molecular weight is 276 g/mol. The summed E-state index contributed by atoms with van der Waals surface area (Å²) in [5.74, 6) is 0. The molecule has 0 aliphatic heterocycles. The van der Waals surface area contributed by atoms with Crippen LogP contribution in [-0.4, -0.2) is 17.3 Å². The third-order valence-electron chi connectivity index (χ3n) is 3.03. The Kier molecular flexibility index (Phi) is 6.41. The van der Waals surface area contributed by atoms with Crippen molar-refractivity contribution in [2.45, 2.75) is 56.2 Å². The summed E-state index contributed by atoms with van der Waals surface area (Å²) in [7, 11) is 0. The van der Waals surface area contributed by atoms with Gasteiger partial charge in [-0.05, 0) is 45.4 Å². The fourth-order valence-corrected chi connectivity index (χ4v) is 3.39. The molecular weight excluding hydrogens is 252 g/mol. The predicted octanol–water partition coefficient (Wildman–Crippen LogP) is 4.15. The molecule has 0 spiro atoms. The number of hydrogen-bond acceptors (Lipinski definition) is 3. The van der Waals surface area contributed by atoms with Crippen molar-refractivity contribution in [2.24, 2.45) is 0 Å². The molecule has 1 aromatic rings. The van der Waals surface area contributed by atoms with Crippen LogP contribution >= 0.6 is 11.8 Å². The van der Waals surface area contributed by atoms with Crippen molar-refractivity contribution in [3.63, 3.8) is 0 Å². The number of thioether (sulfide) groups is 1. The van der Waals surface area contributed by atoms with Crippen molar-refractivity contribution in [3.05, 3.63) is 29.8 Å². The van der Waals surface area contributed by atoms with Gasteiger partial charge in [0.25, 0.3) is 0 Å². The summed E-state index contributed by atoms with van der Waals surface area (Å²) >= 11 is 1.84. The number of hydrogen-bond donors (Lipinski definition) is 1. The molecule has 0 saturated carbocycles. The molecule has 1 aromatic carbocycles. The molecule has 3 heteroatoms. The van der Waals surface area contributed by atoms with E-state index in [0.29, 0.717) is 5.25 Å². The van der Waals surface area contributed by atoms with Gasteiger partial charge in [0.15, 0.2) is 0 Å². The number of nitriles is 1. The van der Waals surface area contributed by atoms with Gasteiger partial charge in [0.1, 0.15) is 5.54 Å². The van der Waals surface area contributed by atoms with E-state index in [0.717, 1.165) is 19.4 Å². The quantitative estimate of drug-likeness (QED) is 0.760. The Bertz CT molecular complexity index is 439. The van der Waals surface area contributed by atoms with Crippen molar-refractivity contribution in [1.29, 1.82) is 5.26 Å². The molecule has 1 N–H and O–H groups in total. The van der Waals surface area contributed by atoms with E-state index in [1.807, 2.05) is 18.7 Å². The minimum atomic E-state index is -0.424. The lowest BCUT2D eigenvalue weighted by molar-refractivity contribution is 0.418. The fraction of sp³-hybridized carbons (Fsp3) is 0.562. The summed E-state index contributed by atoms with van der Waals surface area (Å²) in [6.07, 6.45) is 1.90. The number of nitrogens with zero attached hydrogens (tertiary/aromatic N) is 1. The molecule has 0 heterocycles. The zero-order valence-electron chi connectivity index (χ0n) is 12.4. The molecule has 0 amide bonds. The van der Waals surface area contributed by atoms with Crippen molar-refractivity contribution in [1.82, 2.24) is 5.32 Å². The Hall–Kier alpha value is -0.980. The van der Waals surface area contributed by atoms with Gasteiger partial charge >= 0.3 is 0 Å². The van der Waals surface area contributed by atoms with Crippen LogP contribution in [0.25, 0.3) is 0 Å². The van der Waals surface area contributed by atoms with Crippen LogP contribution in [0.15, 0.2) is 29.2 Å². The summed E-state index contributed by atoms with van der Waals surface area (Å²) in [6, 6.07) is 10.9. The van der Waals surface area contributed by atoms with Crippen molar-refractivity contribution in [2.75, 3.05) is 6.54 Å². The molecule has 1 rings (SSSR count). The summed E-state index contributed by atoms with van der Waals surface area (Å²) in [5.41, 5.74) is 0.857. The van der Waals surface area contributed by atoms with E-state index in [-0.39, 0.29) is 0 Å². The molecule has 2 atom stereocenters. The minimum absolute atomic E-state index is 0.413. The van der Waals surface area contributed by atoms with Gasteiger partial charge in [0.2, 0.25) is 0 Å². The lowest BCUT2D eigenvalue weighted by Gasteiger charge is -2.26. The highest BCUT2D eigenvalue weighted by molar-refractivity contribution is 7.99. The van der Waals surface area contributed by atoms with E-state index >= 15 is 0 Å². The molecule has 0 bridgehead atoms. The molecule has 0 radical (unpaired) electrons. The van der Waals surface area contributed by atoms with Crippen molar-refractivity contribution >= 4 is 11.8 Å². The van der Waals surface area contributed by atoms with Crippen LogP contribution in [0, 0.1) is 18.3 Å². The monoisotopic (exact) mass is 276 g/mol. The van der Waals surface area contributed by atoms with Gasteiger partial charge in [-0.1, -0.05) is 31.5 Å². The molecule has 0 aliphatic carbocycles. The van der Waals surface area contributed by atoms with Crippen LogP contribution in [0.1, 0.15) is 39.2 Å². The fourth-order valence-electron chi connectivity index (χ4n) is 2.10. The second kappa shape index (κ2) is 7.57. The zero-order chi connectivity index (χ0) is 14.3.